The first-order valence-electron chi connectivity index (χ1n) is 6.52. The molecule has 4 N–H and O–H groups in total. The van der Waals surface area contributed by atoms with Gasteiger partial charge in [-0.15, -0.1) is 0 Å². The number of nitro groups is 1. The van der Waals surface area contributed by atoms with Gasteiger partial charge < -0.3 is 25.4 Å². The van der Waals surface area contributed by atoms with Gasteiger partial charge in [-0.2, -0.15) is 0 Å². The van der Waals surface area contributed by atoms with Gasteiger partial charge in [-0.1, -0.05) is 6.07 Å². The van der Waals surface area contributed by atoms with Crippen molar-refractivity contribution in [3.05, 3.63) is 33.9 Å². The number of ether oxygens (including phenoxy) is 1. The SMILES string of the molecule is Cc1ccc(N[C@@H]2O[C@@H](C)[C@@H](O)[C@@H](O)[C@H]2O)c([N+](=O)[O-])c1. The second-order valence-corrected chi connectivity index (χ2v) is 5.16. The van der Waals surface area contributed by atoms with Crippen LogP contribution in [0, 0.1) is 17.0 Å². The molecule has 0 spiro atoms. The van der Waals surface area contributed by atoms with Crippen molar-refractivity contribution in [2.24, 2.45) is 0 Å². The molecule has 8 heteroatoms. The monoisotopic (exact) mass is 298 g/mol. The highest BCUT2D eigenvalue weighted by Crippen LogP contribution is 2.29. The van der Waals surface area contributed by atoms with Gasteiger partial charge in [-0.05, 0) is 25.5 Å². The normalized spacial score (nSPS) is 32.7. The van der Waals surface area contributed by atoms with Gasteiger partial charge in [-0.25, -0.2) is 0 Å². The zero-order valence-corrected chi connectivity index (χ0v) is 11.6. The molecule has 1 heterocycles. The number of aryl methyl sites for hydroxylation is 1. The first-order chi connectivity index (χ1) is 9.81. The Bertz CT molecular complexity index is 537. The van der Waals surface area contributed by atoms with Crippen LogP contribution in [0.25, 0.3) is 0 Å². The molecule has 1 aliphatic heterocycles. The maximum atomic E-state index is 11.1. The minimum Gasteiger partial charge on any atom is -0.388 e. The molecule has 2 rings (SSSR count). The van der Waals surface area contributed by atoms with Gasteiger partial charge in [0.05, 0.1) is 11.0 Å². The smallest absolute Gasteiger partial charge is 0.292 e. The fourth-order valence-corrected chi connectivity index (χ4v) is 2.24. The summed E-state index contributed by atoms with van der Waals surface area (Å²) in [4.78, 5) is 10.5. The van der Waals surface area contributed by atoms with Crippen LogP contribution >= 0.6 is 0 Å². The summed E-state index contributed by atoms with van der Waals surface area (Å²) in [6.45, 7) is 3.27. The molecule has 1 fully saturated rings. The average molecular weight is 298 g/mol. The van der Waals surface area contributed by atoms with Crippen LogP contribution in [0.1, 0.15) is 12.5 Å². The summed E-state index contributed by atoms with van der Waals surface area (Å²) < 4.78 is 5.36. The summed E-state index contributed by atoms with van der Waals surface area (Å²) in [5, 5.41) is 43.0. The van der Waals surface area contributed by atoms with Crippen LogP contribution in [0.15, 0.2) is 18.2 Å². The maximum absolute atomic E-state index is 11.1. The molecule has 0 amide bonds. The third kappa shape index (κ3) is 3.13. The Balaban J connectivity index is 2.24. The highest BCUT2D eigenvalue weighted by molar-refractivity contribution is 5.62. The van der Waals surface area contributed by atoms with E-state index < -0.39 is 35.6 Å². The van der Waals surface area contributed by atoms with Crippen LogP contribution in [0.3, 0.4) is 0 Å². The quantitative estimate of drug-likeness (QED) is 0.462. The Morgan fingerprint density at radius 1 is 1.24 bits per heavy atom. The first kappa shape index (κ1) is 15.6. The Kier molecular flexibility index (Phi) is 4.43. The van der Waals surface area contributed by atoms with Crippen molar-refractivity contribution in [3.63, 3.8) is 0 Å². The van der Waals surface area contributed by atoms with Gasteiger partial charge in [0.15, 0.2) is 6.23 Å². The summed E-state index contributed by atoms with van der Waals surface area (Å²) in [6.07, 6.45) is -5.79. The highest BCUT2D eigenvalue weighted by atomic mass is 16.6. The predicted molar refractivity (Wildman–Crippen MR) is 73.8 cm³/mol. The number of aliphatic hydroxyl groups is 3. The minimum atomic E-state index is -1.41. The topological polar surface area (TPSA) is 125 Å². The van der Waals surface area contributed by atoms with E-state index >= 15 is 0 Å². The summed E-state index contributed by atoms with van der Waals surface area (Å²) in [5.74, 6) is 0. The number of aliphatic hydroxyl groups excluding tert-OH is 3. The predicted octanol–water partition coefficient (Wildman–Crippen LogP) is 0.143. The summed E-state index contributed by atoms with van der Waals surface area (Å²) in [5.41, 5.74) is 0.741. The van der Waals surface area contributed by atoms with Crippen LogP contribution < -0.4 is 5.32 Å². The third-order valence-corrected chi connectivity index (χ3v) is 3.50. The first-order valence-corrected chi connectivity index (χ1v) is 6.52. The molecule has 8 nitrogen and oxygen atoms in total. The fourth-order valence-electron chi connectivity index (χ4n) is 2.24. The molecule has 0 aliphatic carbocycles. The van der Waals surface area contributed by atoms with Crippen molar-refractivity contribution in [3.8, 4) is 0 Å². The van der Waals surface area contributed by atoms with E-state index in [0.717, 1.165) is 5.56 Å². The van der Waals surface area contributed by atoms with Gasteiger partial charge in [0.1, 0.15) is 24.0 Å². The molecule has 1 aromatic rings. The molecule has 0 bridgehead atoms. The molecule has 21 heavy (non-hydrogen) atoms. The Hall–Kier alpha value is -1.74. The van der Waals surface area contributed by atoms with Crippen molar-refractivity contribution in [2.45, 2.75) is 44.5 Å². The lowest BCUT2D eigenvalue weighted by molar-refractivity contribution is -0.384. The summed E-state index contributed by atoms with van der Waals surface area (Å²) in [7, 11) is 0. The van der Waals surface area contributed by atoms with Gasteiger partial charge in [0.25, 0.3) is 5.69 Å². The average Bonchev–Trinajstić information content (AvgIpc) is 2.44. The van der Waals surface area contributed by atoms with E-state index in [-0.39, 0.29) is 11.4 Å². The van der Waals surface area contributed by atoms with Crippen molar-refractivity contribution in [1.82, 2.24) is 0 Å². The Morgan fingerprint density at radius 3 is 2.52 bits per heavy atom. The number of nitrogens with one attached hydrogen (secondary N) is 1. The fraction of sp³-hybridized carbons (Fsp3) is 0.538. The van der Waals surface area contributed by atoms with E-state index in [4.69, 9.17) is 4.74 Å². The molecule has 0 aromatic heterocycles. The third-order valence-electron chi connectivity index (χ3n) is 3.50. The lowest BCUT2D eigenvalue weighted by atomic mass is 9.99. The largest absolute Gasteiger partial charge is 0.388 e. The maximum Gasteiger partial charge on any atom is 0.292 e. The van der Waals surface area contributed by atoms with E-state index in [9.17, 15) is 25.4 Å². The summed E-state index contributed by atoms with van der Waals surface area (Å²) in [6, 6.07) is 4.58. The van der Waals surface area contributed by atoms with Crippen molar-refractivity contribution in [2.75, 3.05) is 5.32 Å². The molecule has 1 aromatic carbocycles. The molecular weight excluding hydrogens is 280 g/mol. The van der Waals surface area contributed by atoms with E-state index in [1.807, 2.05) is 0 Å². The zero-order valence-electron chi connectivity index (χ0n) is 11.6. The number of nitro benzene ring substituents is 1. The van der Waals surface area contributed by atoms with Crippen molar-refractivity contribution >= 4 is 11.4 Å². The molecular formula is C13H18N2O6. The second kappa shape index (κ2) is 5.94. The van der Waals surface area contributed by atoms with E-state index in [1.54, 1.807) is 13.0 Å². The van der Waals surface area contributed by atoms with Crippen molar-refractivity contribution < 1.29 is 25.0 Å². The molecule has 116 valence electrons. The number of hydrogen-bond donors (Lipinski definition) is 4. The zero-order chi connectivity index (χ0) is 15.7. The minimum absolute atomic E-state index is 0.154. The van der Waals surface area contributed by atoms with E-state index in [2.05, 4.69) is 5.32 Å². The van der Waals surface area contributed by atoms with E-state index in [1.165, 1.54) is 19.1 Å². The number of rotatable bonds is 3. The molecule has 1 aliphatic rings. The Labute approximate surface area is 121 Å². The van der Waals surface area contributed by atoms with Crippen LogP contribution in [0.2, 0.25) is 0 Å². The number of hydrogen-bond acceptors (Lipinski definition) is 7. The van der Waals surface area contributed by atoms with Gasteiger partial charge >= 0.3 is 0 Å². The summed E-state index contributed by atoms with van der Waals surface area (Å²) >= 11 is 0. The molecule has 0 saturated carbocycles. The standard InChI is InChI=1S/C13H18N2O6/c1-6-3-4-8(9(5-6)15(19)20)14-13-12(18)11(17)10(16)7(2)21-13/h3-5,7,10-14,16-18H,1-2H3/t7-,10+,11+,12+,13+/m0/s1. The lowest BCUT2D eigenvalue weighted by Gasteiger charge is -2.39. The highest BCUT2D eigenvalue weighted by Gasteiger charge is 2.42. The molecule has 0 unspecified atom stereocenters. The Morgan fingerprint density at radius 2 is 1.90 bits per heavy atom. The van der Waals surface area contributed by atoms with E-state index in [0.29, 0.717) is 0 Å². The number of anilines is 1. The molecule has 1 saturated heterocycles. The molecule has 5 atom stereocenters. The van der Waals surface area contributed by atoms with Crippen LogP contribution in [-0.4, -0.2) is 50.9 Å². The van der Waals surface area contributed by atoms with Crippen LogP contribution in [0.4, 0.5) is 11.4 Å². The van der Waals surface area contributed by atoms with Gasteiger partial charge in [0.2, 0.25) is 0 Å². The van der Waals surface area contributed by atoms with Crippen LogP contribution in [0.5, 0.6) is 0 Å². The van der Waals surface area contributed by atoms with Crippen LogP contribution in [-0.2, 0) is 4.74 Å². The number of benzene rings is 1. The number of nitrogens with zero attached hydrogens (tertiary/aromatic N) is 1. The van der Waals surface area contributed by atoms with Crippen molar-refractivity contribution in [1.29, 1.82) is 0 Å². The van der Waals surface area contributed by atoms with Gasteiger partial charge in [-0.3, -0.25) is 10.1 Å². The molecule has 0 radical (unpaired) electrons. The lowest BCUT2D eigenvalue weighted by Crippen LogP contribution is -2.58. The second-order valence-electron chi connectivity index (χ2n) is 5.16. The van der Waals surface area contributed by atoms with Gasteiger partial charge in [0, 0.05) is 6.07 Å².